The molecular formula is C13H12N2O3. The normalized spacial score (nSPS) is 10.1. The lowest BCUT2D eigenvalue weighted by molar-refractivity contribution is 0.0690. The molecule has 5 heteroatoms. The van der Waals surface area contributed by atoms with E-state index >= 15 is 0 Å². The molecule has 18 heavy (non-hydrogen) atoms. The Morgan fingerprint density at radius 2 is 2.17 bits per heavy atom. The van der Waals surface area contributed by atoms with Crippen molar-refractivity contribution in [3.63, 3.8) is 0 Å². The number of carbonyl (C=O) groups is 1. The van der Waals surface area contributed by atoms with Gasteiger partial charge < -0.3 is 9.84 Å². The molecule has 92 valence electrons. The summed E-state index contributed by atoms with van der Waals surface area (Å²) in [5.74, 6) is -0.419. The molecule has 0 amide bonds. The van der Waals surface area contributed by atoms with E-state index in [2.05, 4.69) is 9.97 Å². The quantitative estimate of drug-likeness (QED) is 0.891. The van der Waals surface area contributed by atoms with E-state index in [1.54, 1.807) is 18.3 Å². The summed E-state index contributed by atoms with van der Waals surface area (Å²) >= 11 is 0. The highest BCUT2D eigenvalue weighted by Gasteiger charge is 2.05. The van der Waals surface area contributed by atoms with Crippen LogP contribution in [-0.4, -0.2) is 21.0 Å². The minimum atomic E-state index is -1.05. The molecule has 0 aliphatic carbocycles. The number of aromatic carboxylic acids is 1. The summed E-state index contributed by atoms with van der Waals surface area (Å²) in [5, 5.41) is 8.81. The number of hydrogen-bond acceptors (Lipinski definition) is 4. The molecule has 2 heterocycles. The molecule has 0 fully saturated rings. The highest BCUT2D eigenvalue weighted by Crippen LogP contribution is 2.11. The number of carboxylic acid groups (broad SMARTS) is 1. The number of ether oxygens (including phenoxy) is 1. The van der Waals surface area contributed by atoms with Gasteiger partial charge in [0.05, 0.1) is 11.9 Å². The van der Waals surface area contributed by atoms with E-state index in [1.165, 1.54) is 6.07 Å². The predicted molar refractivity (Wildman–Crippen MR) is 64.5 cm³/mol. The monoisotopic (exact) mass is 244 g/mol. The standard InChI is InChI=1S/C13H12N2O3/c1-9-5-6-11(7-14-9)18-8-10-3-2-4-12(15-10)13(16)17/h2-7H,8H2,1H3,(H,16,17). The van der Waals surface area contributed by atoms with Crippen molar-refractivity contribution in [2.75, 3.05) is 0 Å². The molecule has 0 unspecified atom stereocenters. The van der Waals surface area contributed by atoms with Gasteiger partial charge in [-0.1, -0.05) is 6.07 Å². The maximum Gasteiger partial charge on any atom is 0.354 e. The Labute approximate surface area is 104 Å². The second kappa shape index (κ2) is 5.27. The Morgan fingerprint density at radius 1 is 1.33 bits per heavy atom. The Kier molecular flexibility index (Phi) is 3.52. The van der Waals surface area contributed by atoms with E-state index in [4.69, 9.17) is 9.84 Å². The summed E-state index contributed by atoms with van der Waals surface area (Å²) in [5.41, 5.74) is 1.49. The van der Waals surface area contributed by atoms with Gasteiger partial charge in [0.1, 0.15) is 18.1 Å². The number of aryl methyl sites for hydroxylation is 1. The van der Waals surface area contributed by atoms with Crippen LogP contribution in [0.1, 0.15) is 21.9 Å². The van der Waals surface area contributed by atoms with Crippen LogP contribution in [0.25, 0.3) is 0 Å². The molecule has 0 aliphatic heterocycles. The molecule has 2 rings (SSSR count). The molecule has 2 aromatic rings. The topological polar surface area (TPSA) is 72.3 Å². The number of aromatic nitrogens is 2. The van der Waals surface area contributed by atoms with Crippen LogP contribution in [0.4, 0.5) is 0 Å². The van der Waals surface area contributed by atoms with Gasteiger partial charge in [-0.2, -0.15) is 0 Å². The summed E-state index contributed by atoms with van der Waals surface area (Å²) in [6, 6.07) is 8.45. The molecule has 0 atom stereocenters. The maximum absolute atomic E-state index is 10.8. The fourth-order valence-corrected chi connectivity index (χ4v) is 1.38. The van der Waals surface area contributed by atoms with Crippen LogP contribution in [-0.2, 0) is 6.61 Å². The molecule has 1 N–H and O–H groups in total. The Hall–Kier alpha value is -2.43. The Morgan fingerprint density at radius 3 is 2.83 bits per heavy atom. The molecule has 0 aromatic carbocycles. The highest BCUT2D eigenvalue weighted by molar-refractivity contribution is 5.85. The van der Waals surface area contributed by atoms with Crippen molar-refractivity contribution in [2.24, 2.45) is 0 Å². The summed E-state index contributed by atoms with van der Waals surface area (Å²) in [6.07, 6.45) is 1.62. The van der Waals surface area contributed by atoms with Gasteiger partial charge in [-0.05, 0) is 31.2 Å². The molecule has 0 saturated heterocycles. The van der Waals surface area contributed by atoms with Gasteiger partial charge in [-0.15, -0.1) is 0 Å². The molecule has 5 nitrogen and oxygen atoms in total. The third-order valence-electron chi connectivity index (χ3n) is 2.30. The van der Waals surface area contributed by atoms with Gasteiger partial charge in [0.2, 0.25) is 0 Å². The zero-order valence-electron chi connectivity index (χ0n) is 9.83. The smallest absolute Gasteiger partial charge is 0.354 e. The van der Waals surface area contributed by atoms with E-state index in [-0.39, 0.29) is 12.3 Å². The van der Waals surface area contributed by atoms with Crippen LogP contribution >= 0.6 is 0 Å². The van der Waals surface area contributed by atoms with Crippen LogP contribution in [0.15, 0.2) is 36.5 Å². The number of rotatable bonds is 4. The van der Waals surface area contributed by atoms with Crippen molar-refractivity contribution in [3.8, 4) is 5.75 Å². The predicted octanol–water partition coefficient (Wildman–Crippen LogP) is 2.06. The Balaban J connectivity index is 2.04. The molecular weight excluding hydrogens is 232 g/mol. The second-order valence-corrected chi connectivity index (χ2v) is 3.74. The maximum atomic E-state index is 10.8. The molecule has 0 spiro atoms. The van der Waals surface area contributed by atoms with Crippen LogP contribution in [0.5, 0.6) is 5.75 Å². The molecule has 0 bridgehead atoms. The largest absolute Gasteiger partial charge is 0.486 e. The average Bonchev–Trinajstić information content (AvgIpc) is 2.38. The molecule has 2 aromatic heterocycles. The average molecular weight is 244 g/mol. The van der Waals surface area contributed by atoms with E-state index < -0.39 is 5.97 Å². The minimum Gasteiger partial charge on any atom is -0.486 e. The third kappa shape index (κ3) is 3.04. The SMILES string of the molecule is Cc1ccc(OCc2cccc(C(=O)O)n2)cn1. The lowest BCUT2D eigenvalue weighted by Gasteiger charge is -2.05. The van der Waals surface area contributed by atoms with Gasteiger partial charge in [-0.25, -0.2) is 9.78 Å². The summed E-state index contributed by atoms with van der Waals surface area (Å²) in [4.78, 5) is 18.8. The van der Waals surface area contributed by atoms with Crippen molar-refractivity contribution in [1.29, 1.82) is 0 Å². The molecule has 0 radical (unpaired) electrons. The first-order chi connectivity index (χ1) is 8.65. The van der Waals surface area contributed by atoms with Crippen LogP contribution in [0.3, 0.4) is 0 Å². The first kappa shape index (κ1) is 12.0. The van der Waals surface area contributed by atoms with Gasteiger partial charge >= 0.3 is 5.97 Å². The molecule has 0 aliphatic rings. The van der Waals surface area contributed by atoms with Crippen molar-refractivity contribution in [3.05, 3.63) is 53.6 Å². The first-order valence-corrected chi connectivity index (χ1v) is 5.40. The van der Waals surface area contributed by atoms with Crippen molar-refractivity contribution in [1.82, 2.24) is 9.97 Å². The fraction of sp³-hybridized carbons (Fsp3) is 0.154. The van der Waals surface area contributed by atoms with Gasteiger partial charge in [0.15, 0.2) is 0 Å². The summed E-state index contributed by atoms with van der Waals surface area (Å²) < 4.78 is 5.46. The number of nitrogens with zero attached hydrogens (tertiary/aromatic N) is 2. The summed E-state index contributed by atoms with van der Waals surface area (Å²) in [7, 11) is 0. The lowest BCUT2D eigenvalue weighted by atomic mass is 10.3. The number of hydrogen-bond donors (Lipinski definition) is 1. The van der Waals surface area contributed by atoms with Gasteiger partial charge in [0, 0.05) is 5.69 Å². The first-order valence-electron chi connectivity index (χ1n) is 5.40. The van der Waals surface area contributed by atoms with Crippen LogP contribution in [0.2, 0.25) is 0 Å². The van der Waals surface area contributed by atoms with Gasteiger partial charge in [0.25, 0.3) is 0 Å². The Bertz CT molecular complexity index is 552. The number of carboxylic acids is 1. The van der Waals surface area contributed by atoms with Crippen LogP contribution in [0, 0.1) is 6.92 Å². The minimum absolute atomic E-state index is 0.0122. The lowest BCUT2D eigenvalue weighted by Crippen LogP contribution is -2.05. The van der Waals surface area contributed by atoms with E-state index in [0.29, 0.717) is 11.4 Å². The van der Waals surface area contributed by atoms with E-state index in [9.17, 15) is 4.79 Å². The zero-order valence-corrected chi connectivity index (χ0v) is 9.83. The highest BCUT2D eigenvalue weighted by atomic mass is 16.5. The van der Waals surface area contributed by atoms with Crippen LogP contribution < -0.4 is 4.74 Å². The van der Waals surface area contributed by atoms with Crippen molar-refractivity contribution >= 4 is 5.97 Å². The van der Waals surface area contributed by atoms with Crippen molar-refractivity contribution < 1.29 is 14.6 Å². The molecule has 0 saturated carbocycles. The fourth-order valence-electron chi connectivity index (χ4n) is 1.38. The van der Waals surface area contributed by atoms with E-state index in [1.807, 2.05) is 19.1 Å². The van der Waals surface area contributed by atoms with Gasteiger partial charge in [-0.3, -0.25) is 4.98 Å². The second-order valence-electron chi connectivity index (χ2n) is 3.74. The summed E-state index contributed by atoms with van der Waals surface area (Å²) in [6.45, 7) is 2.10. The van der Waals surface area contributed by atoms with E-state index in [0.717, 1.165) is 5.69 Å². The zero-order chi connectivity index (χ0) is 13.0. The van der Waals surface area contributed by atoms with Crippen molar-refractivity contribution in [2.45, 2.75) is 13.5 Å². The number of pyridine rings is 2. The third-order valence-corrected chi connectivity index (χ3v) is 2.30.